The van der Waals surface area contributed by atoms with Crippen LogP contribution in [0.2, 0.25) is 0 Å². The Morgan fingerprint density at radius 2 is 1.73 bits per heavy atom. The van der Waals surface area contributed by atoms with E-state index >= 15 is 0 Å². The highest BCUT2D eigenvalue weighted by atomic mass is 16.1. The lowest BCUT2D eigenvalue weighted by Gasteiger charge is -1.95. The average Bonchev–Trinajstić information content (AvgIpc) is 1.87. The van der Waals surface area contributed by atoms with Crippen LogP contribution in [0.5, 0.6) is 0 Å². The van der Waals surface area contributed by atoms with Gasteiger partial charge in [0, 0.05) is 19.3 Å². The predicted octanol–water partition coefficient (Wildman–Crippen LogP) is 2.11. The van der Waals surface area contributed by atoms with Gasteiger partial charge in [-0.15, -0.1) is 0 Å². The number of rotatable bonds is 6. The van der Waals surface area contributed by atoms with Gasteiger partial charge >= 0.3 is 0 Å². The van der Waals surface area contributed by atoms with Crippen molar-refractivity contribution < 1.29 is 9.59 Å². The summed E-state index contributed by atoms with van der Waals surface area (Å²) in [7, 11) is 0. The van der Waals surface area contributed by atoms with E-state index in [0.717, 1.165) is 12.8 Å². The van der Waals surface area contributed by atoms with Crippen LogP contribution in [-0.2, 0) is 9.59 Å². The van der Waals surface area contributed by atoms with Gasteiger partial charge in [-0.25, -0.2) is 0 Å². The topological polar surface area (TPSA) is 34.1 Å². The molecule has 11 heavy (non-hydrogen) atoms. The minimum absolute atomic E-state index is 0.175. The van der Waals surface area contributed by atoms with Crippen LogP contribution in [0.3, 0.4) is 0 Å². The molecule has 0 saturated heterocycles. The van der Waals surface area contributed by atoms with Gasteiger partial charge in [0.15, 0.2) is 0 Å². The first-order valence-corrected chi connectivity index (χ1v) is 4.18. The highest BCUT2D eigenvalue weighted by Crippen LogP contribution is 2.01. The third-order valence-electron chi connectivity index (χ3n) is 1.51. The molecule has 64 valence electrons. The van der Waals surface area contributed by atoms with Gasteiger partial charge in [0.2, 0.25) is 0 Å². The Bertz CT molecular complexity index is 138. The van der Waals surface area contributed by atoms with Crippen molar-refractivity contribution in [1.29, 1.82) is 0 Å². The quantitative estimate of drug-likeness (QED) is 0.590. The zero-order chi connectivity index (χ0) is 8.69. The van der Waals surface area contributed by atoms with Crippen LogP contribution < -0.4 is 0 Å². The molecule has 2 heteroatoms. The maximum atomic E-state index is 10.9. The summed E-state index contributed by atoms with van der Waals surface area (Å²) in [5, 5.41) is 0. The maximum Gasteiger partial charge on any atom is 0.132 e. The number of Topliss-reactive ketones (excluding diaryl/α,β-unsaturated/α-hetero) is 2. The molecule has 0 aromatic carbocycles. The molecule has 0 radical (unpaired) electrons. The van der Waals surface area contributed by atoms with Gasteiger partial charge in [-0.3, -0.25) is 4.79 Å². The Morgan fingerprint density at radius 1 is 1.09 bits per heavy atom. The van der Waals surface area contributed by atoms with Crippen molar-refractivity contribution in [2.45, 2.75) is 46.0 Å². The number of carbonyl (C=O) groups excluding carboxylic acids is 2. The first-order valence-electron chi connectivity index (χ1n) is 4.18. The molecule has 0 bridgehead atoms. The van der Waals surface area contributed by atoms with Gasteiger partial charge in [0.25, 0.3) is 0 Å². The SMILES string of the molecule is CCCC(=O)CCCC(C)=O. The number of hydrogen-bond donors (Lipinski definition) is 0. The second kappa shape index (κ2) is 6.08. The summed E-state index contributed by atoms with van der Waals surface area (Å²) < 4.78 is 0. The Balaban J connectivity index is 3.24. The standard InChI is InChI=1S/C9H16O2/c1-3-5-9(11)7-4-6-8(2)10/h3-7H2,1-2H3. The van der Waals surface area contributed by atoms with E-state index in [1.54, 1.807) is 6.92 Å². The van der Waals surface area contributed by atoms with Crippen LogP contribution in [0.4, 0.5) is 0 Å². The lowest BCUT2D eigenvalue weighted by Crippen LogP contribution is -1.98. The van der Waals surface area contributed by atoms with E-state index in [0.29, 0.717) is 19.3 Å². The fourth-order valence-electron chi connectivity index (χ4n) is 0.938. The van der Waals surface area contributed by atoms with Gasteiger partial charge in [0.1, 0.15) is 11.6 Å². The van der Waals surface area contributed by atoms with Crippen molar-refractivity contribution >= 4 is 11.6 Å². The summed E-state index contributed by atoms with van der Waals surface area (Å²) in [6.07, 6.45) is 3.44. The molecule has 0 atom stereocenters. The number of ketones is 2. The number of carbonyl (C=O) groups is 2. The van der Waals surface area contributed by atoms with Crippen LogP contribution in [0.15, 0.2) is 0 Å². The molecule has 0 saturated carbocycles. The second-order valence-electron chi connectivity index (χ2n) is 2.84. The molecular weight excluding hydrogens is 140 g/mol. The van der Waals surface area contributed by atoms with Gasteiger partial charge in [-0.2, -0.15) is 0 Å². The third-order valence-corrected chi connectivity index (χ3v) is 1.51. The van der Waals surface area contributed by atoms with Crippen LogP contribution in [-0.4, -0.2) is 11.6 Å². The molecule has 0 amide bonds. The molecule has 2 nitrogen and oxygen atoms in total. The Labute approximate surface area is 68.0 Å². The van der Waals surface area contributed by atoms with Crippen molar-refractivity contribution in [3.05, 3.63) is 0 Å². The van der Waals surface area contributed by atoms with E-state index in [4.69, 9.17) is 0 Å². The van der Waals surface area contributed by atoms with Crippen LogP contribution >= 0.6 is 0 Å². The third kappa shape index (κ3) is 7.23. The van der Waals surface area contributed by atoms with E-state index in [2.05, 4.69) is 0 Å². The lowest BCUT2D eigenvalue weighted by molar-refractivity contribution is -0.119. The summed E-state index contributed by atoms with van der Waals surface area (Å²) >= 11 is 0. The first kappa shape index (κ1) is 10.3. The molecular formula is C9H16O2. The highest BCUT2D eigenvalue weighted by molar-refractivity contribution is 5.80. The minimum Gasteiger partial charge on any atom is -0.300 e. The van der Waals surface area contributed by atoms with Gasteiger partial charge < -0.3 is 4.79 Å². The second-order valence-corrected chi connectivity index (χ2v) is 2.84. The maximum absolute atomic E-state index is 10.9. The Kier molecular flexibility index (Phi) is 5.71. The van der Waals surface area contributed by atoms with Crippen molar-refractivity contribution in [3.63, 3.8) is 0 Å². The lowest BCUT2D eigenvalue weighted by atomic mass is 10.1. The molecule has 0 aromatic rings. The summed E-state index contributed by atoms with van der Waals surface area (Å²) in [6.45, 7) is 3.55. The highest BCUT2D eigenvalue weighted by Gasteiger charge is 2.00. The van der Waals surface area contributed by atoms with Crippen molar-refractivity contribution in [3.8, 4) is 0 Å². The van der Waals surface area contributed by atoms with E-state index in [1.165, 1.54) is 0 Å². The van der Waals surface area contributed by atoms with E-state index in [1.807, 2.05) is 6.92 Å². The van der Waals surface area contributed by atoms with E-state index in [9.17, 15) is 9.59 Å². The minimum atomic E-state index is 0.175. The van der Waals surface area contributed by atoms with Crippen molar-refractivity contribution in [1.82, 2.24) is 0 Å². The van der Waals surface area contributed by atoms with E-state index < -0.39 is 0 Å². The molecule has 0 unspecified atom stereocenters. The Morgan fingerprint density at radius 3 is 2.18 bits per heavy atom. The summed E-state index contributed by atoms with van der Waals surface area (Å²) in [6, 6.07) is 0. The van der Waals surface area contributed by atoms with Crippen LogP contribution in [0.25, 0.3) is 0 Å². The van der Waals surface area contributed by atoms with Gasteiger partial charge in [0.05, 0.1) is 0 Å². The molecule has 0 aliphatic rings. The van der Waals surface area contributed by atoms with Crippen molar-refractivity contribution in [2.75, 3.05) is 0 Å². The Hall–Kier alpha value is -0.660. The normalized spacial score (nSPS) is 9.64. The molecule has 0 spiro atoms. The monoisotopic (exact) mass is 156 g/mol. The number of hydrogen-bond acceptors (Lipinski definition) is 2. The predicted molar refractivity (Wildman–Crippen MR) is 44.4 cm³/mol. The zero-order valence-corrected chi connectivity index (χ0v) is 7.35. The molecule has 0 N–H and O–H groups in total. The summed E-state index contributed by atoms with van der Waals surface area (Å²) in [4.78, 5) is 21.4. The van der Waals surface area contributed by atoms with Crippen LogP contribution in [0, 0.1) is 0 Å². The summed E-state index contributed by atoms with van der Waals surface area (Å²) in [5.41, 5.74) is 0. The molecule has 0 rings (SSSR count). The van der Waals surface area contributed by atoms with Crippen molar-refractivity contribution in [2.24, 2.45) is 0 Å². The first-order chi connectivity index (χ1) is 5.16. The fourth-order valence-corrected chi connectivity index (χ4v) is 0.938. The van der Waals surface area contributed by atoms with E-state index in [-0.39, 0.29) is 11.6 Å². The van der Waals surface area contributed by atoms with Gasteiger partial charge in [-0.05, 0) is 19.8 Å². The fraction of sp³-hybridized carbons (Fsp3) is 0.778. The molecule has 0 heterocycles. The molecule has 0 aliphatic carbocycles. The molecule has 0 aromatic heterocycles. The largest absolute Gasteiger partial charge is 0.300 e. The van der Waals surface area contributed by atoms with Crippen LogP contribution in [0.1, 0.15) is 46.0 Å². The average molecular weight is 156 g/mol. The zero-order valence-electron chi connectivity index (χ0n) is 7.35. The smallest absolute Gasteiger partial charge is 0.132 e. The van der Waals surface area contributed by atoms with Gasteiger partial charge in [-0.1, -0.05) is 6.92 Å². The molecule has 0 fully saturated rings. The molecule has 0 aliphatic heterocycles. The summed E-state index contributed by atoms with van der Waals surface area (Å²) in [5.74, 6) is 0.461.